The molecule has 0 unspecified atom stereocenters. The maximum atomic E-state index is 12.5. The minimum absolute atomic E-state index is 0.161. The predicted octanol–water partition coefficient (Wildman–Crippen LogP) is 2.60. The number of anilines is 1. The highest BCUT2D eigenvalue weighted by Crippen LogP contribution is 2.43. The lowest BCUT2D eigenvalue weighted by molar-refractivity contribution is -0.122. The summed E-state index contributed by atoms with van der Waals surface area (Å²) in [5, 5.41) is 0. The Hall–Kier alpha value is -1.84. The van der Waals surface area contributed by atoms with Crippen LogP contribution in [0.1, 0.15) is 33.3 Å². The van der Waals surface area contributed by atoms with E-state index in [0.717, 1.165) is 22.3 Å². The standard InChI is InChI=1S/C14H17N3O/c1-8(2)17-12-6-11-10(15-7-16-11)5-9(12)14(3,4)13(17)18/h5-8H,1-4H3,(H,15,16). The van der Waals surface area contributed by atoms with Gasteiger partial charge in [-0.15, -0.1) is 0 Å². The third kappa shape index (κ3) is 1.26. The van der Waals surface area contributed by atoms with Crippen LogP contribution < -0.4 is 4.90 Å². The average molecular weight is 243 g/mol. The number of hydrogen-bond donors (Lipinski definition) is 1. The van der Waals surface area contributed by atoms with E-state index in [4.69, 9.17) is 0 Å². The van der Waals surface area contributed by atoms with Crippen LogP contribution in [0.4, 0.5) is 5.69 Å². The number of H-pyrrole nitrogens is 1. The number of amides is 1. The highest BCUT2D eigenvalue weighted by Gasteiger charge is 2.45. The van der Waals surface area contributed by atoms with Crippen LogP contribution in [0.5, 0.6) is 0 Å². The number of nitrogens with zero attached hydrogens (tertiary/aromatic N) is 2. The molecule has 0 saturated carbocycles. The van der Waals surface area contributed by atoms with Crippen molar-refractivity contribution in [2.45, 2.75) is 39.2 Å². The zero-order valence-corrected chi connectivity index (χ0v) is 11.1. The molecule has 0 atom stereocenters. The fraction of sp³-hybridized carbons (Fsp3) is 0.429. The Labute approximate surface area is 106 Å². The van der Waals surface area contributed by atoms with Gasteiger partial charge in [0.1, 0.15) is 0 Å². The fourth-order valence-corrected chi connectivity index (χ4v) is 2.71. The monoisotopic (exact) mass is 243 g/mol. The largest absolute Gasteiger partial charge is 0.345 e. The second-order valence-corrected chi connectivity index (χ2v) is 5.68. The van der Waals surface area contributed by atoms with Crippen LogP contribution in [-0.4, -0.2) is 21.9 Å². The maximum Gasteiger partial charge on any atom is 0.237 e. The molecule has 0 radical (unpaired) electrons. The Morgan fingerprint density at radius 1 is 1.33 bits per heavy atom. The van der Waals surface area contributed by atoms with E-state index in [-0.39, 0.29) is 11.9 Å². The molecular weight excluding hydrogens is 226 g/mol. The molecule has 1 aliphatic rings. The molecule has 0 saturated heterocycles. The summed E-state index contributed by atoms with van der Waals surface area (Å²) in [5.74, 6) is 0.167. The first-order valence-electron chi connectivity index (χ1n) is 6.24. The van der Waals surface area contributed by atoms with Crippen molar-refractivity contribution in [3.63, 3.8) is 0 Å². The number of aromatic nitrogens is 2. The molecule has 4 nitrogen and oxygen atoms in total. The molecule has 94 valence electrons. The molecule has 1 N–H and O–H groups in total. The van der Waals surface area contributed by atoms with Gasteiger partial charge >= 0.3 is 0 Å². The number of imidazole rings is 1. The zero-order chi connectivity index (χ0) is 13.1. The third-order valence-electron chi connectivity index (χ3n) is 3.74. The van der Waals surface area contributed by atoms with Crippen LogP contribution in [0, 0.1) is 0 Å². The quantitative estimate of drug-likeness (QED) is 0.837. The van der Waals surface area contributed by atoms with Crippen LogP contribution in [0.3, 0.4) is 0 Å². The van der Waals surface area contributed by atoms with E-state index >= 15 is 0 Å². The second-order valence-electron chi connectivity index (χ2n) is 5.68. The van der Waals surface area contributed by atoms with Crippen LogP contribution in [-0.2, 0) is 10.2 Å². The summed E-state index contributed by atoms with van der Waals surface area (Å²) in [5.41, 5.74) is 3.52. The summed E-state index contributed by atoms with van der Waals surface area (Å²) in [4.78, 5) is 21.8. The zero-order valence-electron chi connectivity index (χ0n) is 11.1. The Balaban J connectivity index is 2.32. The first-order valence-corrected chi connectivity index (χ1v) is 6.24. The third-order valence-corrected chi connectivity index (χ3v) is 3.74. The second kappa shape index (κ2) is 3.34. The van der Waals surface area contributed by atoms with Gasteiger partial charge in [-0.2, -0.15) is 0 Å². The lowest BCUT2D eigenvalue weighted by Crippen LogP contribution is -2.40. The molecule has 0 bridgehead atoms. The van der Waals surface area contributed by atoms with Crippen molar-refractivity contribution < 1.29 is 4.79 Å². The van der Waals surface area contributed by atoms with Crippen LogP contribution in [0.2, 0.25) is 0 Å². The van der Waals surface area contributed by atoms with Gasteiger partial charge in [-0.25, -0.2) is 4.98 Å². The smallest absolute Gasteiger partial charge is 0.237 e. The van der Waals surface area contributed by atoms with Crippen molar-refractivity contribution in [3.8, 4) is 0 Å². The molecule has 4 heteroatoms. The van der Waals surface area contributed by atoms with Crippen molar-refractivity contribution in [1.29, 1.82) is 0 Å². The molecule has 1 aromatic carbocycles. The summed E-state index contributed by atoms with van der Waals surface area (Å²) >= 11 is 0. The summed E-state index contributed by atoms with van der Waals surface area (Å²) in [6.45, 7) is 8.05. The van der Waals surface area contributed by atoms with E-state index in [9.17, 15) is 4.79 Å². The van der Waals surface area contributed by atoms with Crippen molar-refractivity contribution >= 4 is 22.6 Å². The van der Waals surface area contributed by atoms with E-state index in [0.29, 0.717) is 0 Å². The van der Waals surface area contributed by atoms with Gasteiger partial charge in [0.25, 0.3) is 0 Å². The number of fused-ring (bicyclic) bond motifs is 2. The Morgan fingerprint density at radius 3 is 2.72 bits per heavy atom. The van der Waals surface area contributed by atoms with Crippen LogP contribution in [0.25, 0.3) is 11.0 Å². The van der Waals surface area contributed by atoms with Gasteiger partial charge in [-0.05, 0) is 45.4 Å². The van der Waals surface area contributed by atoms with E-state index < -0.39 is 5.41 Å². The summed E-state index contributed by atoms with van der Waals surface area (Å²) in [7, 11) is 0. The fourth-order valence-electron chi connectivity index (χ4n) is 2.71. The van der Waals surface area contributed by atoms with E-state index in [1.165, 1.54) is 0 Å². The Morgan fingerprint density at radius 2 is 2.06 bits per heavy atom. The van der Waals surface area contributed by atoms with Gasteiger partial charge in [0.05, 0.1) is 28.5 Å². The molecule has 18 heavy (non-hydrogen) atoms. The number of carbonyl (C=O) groups is 1. The minimum Gasteiger partial charge on any atom is -0.345 e. The number of aromatic amines is 1. The molecule has 0 fully saturated rings. The van der Waals surface area contributed by atoms with E-state index in [1.807, 2.05) is 38.7 Å². The number of hydrogen-bond acceptors (Lipinski definition) is 2. The van der Waals surface area contributed by atoms with Crippen LogP contribution in [0.15, 0.2) is 18.5 Å². The Kier molecular flexibility index (Phi) is 2.09. The topological polar surface area (TPSA) is 49.0 Å². The molecule has 2 aromatic rings. The first kappa shape index (κ1) is 11.3. The first-order chi connectivity index (χ1) is 8.43. The van der Waals surface area contributed by atoms with Gasteiger partial charge < -0.3 is 9.88 Å². The van der Waals surface area contributed by atoms with Gasteiger partial charge in [0.15, 0.2) is 0 Å². The number of benzene rings is 1. The SMILES string of the molecule is CC(C)N1C(=O)C(C)(C)c2cc3[nH]cnc3cc21. The molecule has 1 aliphatic heterocycles. The summed E-state index contributed by atoms with van der Waals surface area (Å²) in [6.07, 6.45) is 1.69. The molecular formula is C14H17N3O. The number of nitrogens with one attached hydrogen (secondary N) is 1. The van der Waals surface area contributed by atoms with Crippen molar-refractivity contribution in [3.05, 3.63) is 24.0 Å². The van der Waals surface area contributed by atoms with Crippen molar-refractivity contribution in [2.24, 2.45) is 0 Å². The highest BCUT2D eigenvalue weighted by atomic mass is 16.2. The van der Waals surface area contributed by atoms with E-state index in [1.54, 1.807) is 6.33 Å². The van der Waals surface area contributed by atoms with Crippen molar-refractivity contribution in [1.82, 2.24) is 9.97 Å². The Bertz CT molecular complexity index is 640. The highest BCUT2D eigenvalue weighted by molar-refractivity contribution is 6.09. The molecule has 1 amide bonds. The average Bonchev–Trinajstić information content (AvgIpc) is 2.80. The van der Waals surface area contributed by atoms with Crippen molar-refractivity contribution in [2.75, 3.05) is 4.90 Å². The number of carbonyl (C=O) groups excluding carboxylic acids is 1. The van der Waals surface area contributed by atoms with Gasteiger partial charge in [0.2, 0.25) is 5.91 Å². The van der Waals surface area contributed by atoms with Gasteiger partial charge in [-0.1, -0.05) is 0 Å². The summed E-state index contributed by atoms with van der Waals surface area (Å²) < 4.78 is 0. The molecule has 1 aromatic heterocycles. The maximum absolute atomic E-state index is 12.5. The normalized spacial score (nSPS) is 17.8. The lowest BCUT2D eigenvalue weighted by atomic mass is 9.86. The molecule has 0 spiro atoms. The van der Waals surface area contributed by atoms with Crippen LogP contribution >= 0.6 is 0 Å². The molecule has 0 aliphatic carbocycles. The minimum atomic E-state index is -0.459. The lowest BCUT2D eigenvalue weighted by Gasteiger charge is -2.24. The van der Waals surface area contributed by atoms with Gasteiger partial charge in [-0.3, -0.25) is 4.79 Å². The van der Waals surface area contributed by atoms with E-state index in [2.05, 4.69) is 16.0 Å². The molecule has 3 rings (SSSR count). The predicted molar refractivity (Wildman–Crippen MR) is 71.7 cm³/mol. The number of rotatable bonds is 1. The summed E-state index contributed by atoms with van der Waals surface area (Å²) in [6, 6.07) is 4.22. The van der Waals surface area contributed by atoms with Gasteiger partial charge in [0, 0.05) is 6.04 Å². The molecule has 2 heterocycles.